The quantitative estimate of drug-likeness (QED) is 0.419. The van der Waals surface area contributed by atoms with Gasteiger partial charge in [0.2, 0.25) is 0 Å². The number of nitrogens with one attached hydrogen (secondary N) is 1. The molecule has 0 amide bonds. The maximum absolute atomic E-state index is 13.0. The molecular formula is C17H20F2IN3. The third kappa shape index (κ3) is 7.40. The number of nitrogens with two attached hydrogens (primary N) is 1. The highest BCUT2D eigenvalue weighted by Gasteiger charge is 2.01. The van der Waals surface area contributed by atoms with Gasteiger partial charge in [-0.2, -0.15) is 0 Å². The number of hydrogen-bond acceptors (Lipinski definition) is 1. The molecule has 0 aliphatic heterocycles. The summed E-state index contributed by atoms with van der Waals surface area (Å²) in [4.78, 5) is 4.22. The second-order valence-electron chi connectivity index (χ2n) is 4.96. The second-order valence-corrected chi connectivity index (χ2v) is 4.96. The molecule has 0 aromatic heterocycles. The predicted octanol–water partition coefficient (Wildman–Crippen LogP) is 3.27. The Labute approximate surface area is 152 Å². The highest BCUT2D eigenvalue weighted by Crippen LogP contribution is 2.08. The molecule has 124 valence electrons. The molecule has 0 unspecified atom stereocenters. The largest absolute Gasteiger partial charge is 0.370 e. The van der Waals surface area contributed by atoms with Crippen molar-refractivity contribution in [2.45, 2.75) is 12.8 Å². The van der Waals surface area contributed by atoms with E-state index in [9.17, 15) is 8.78 Å². The molecule has 0 saturated carbocycles. The van der Waals surface area contributed by atoms with Gasteiger partial charge in [-0.05, 0) is 36.1 Å². The first-order chi connectivity index (χ1) is 10.6. The summed E-state index contributed by atoms with van der Waals surface area (Å²) in [5.74, 6) is -0.799. The van der Waals surface area contributed by atoms with Gasteiger partial charge in [0.25, 0.3) is 0 Å². The molecule has 6 heteroatoms. The number of aliphatic imine (C=N–C) groups is 1. The van der Waals surface area contributed by atoms with Gasteiger partial charge in [0.15, 0.2) is 5.96 Å². The summed E-state index contributed by atoms with van der Waals surface area (Å²) >= 11 is 0. The summed E-state index contributed by atoms with van der Waals surface area (Å²) in [5, 5.41) is 2.94. The monoisotopic (exact) mass is 431 g/mol. The fourth-order valence-electron chi connectivity index (χ4n) is 2.10. The molecule has 0 atom stereocenters. The summed E-state index contributed by atoms with van der Waals surface area (Å²) in [6, 6.07) is 13.5. The van der Waals surface area contributed by atoms with E-state index in [1.165, 1.54) is 17.7 Å². The highest BCUT2D eigenvalue weighted by atomic mass is 127. The Morgan fingerprint density at radius 1 is 0.957 bits per heavy atom. The van der Waals surface area contributed by atoms with Gasteiger partial charge < -0.3 is 11.1 Å². The molecule has 3 nitrogen and oxygen atoms in total. The summed E-state index contributed by atoms with van der Waals surface area (Å²) < 4.78 is 26.1. The van der Waals surface area contributed by atoms with Crippen LogP contribution in [0.2, 0.25) is 0 Å². The van der Waals surface area contributed by atoms with Crippen molar-refractivity contribution in [1.82, 2.24) is 5.32 Å². The molecule has 23 heavy (non-hydrogen) atoms. The Kier molecular flexibility index (Phi) is 8.53. The fourth-order valence-corrected chi connectivity index (χ4v) is 2.10. The van der Waals surface area contributed by atoms with Crippen LogP contribution in [0.4, 0.5) is 8.78 Å². The van der Waals surface area contributed by atoms with Crippen LogP contribution in [0, 0.1) is 11.6 Å². The maximum Gasteiger partial charge on any atom is 0.188 e. The van der Waals surface area contributed by atoms with E-state index in [4.69, 9.17) is 5.73 Å². The van der Waals surface area contributed by atoms with Gasteiger partial charge in [0.1, 0.15) is 11.6 Å². The van der Waals surface area contributed by atoms with Crippen LogP contribution in [0.5, 0.6) is 0 Å². The number of benzene rings is 2. The number of rotatable bonds is 6. The van der Waals surface area contributed by atoms with E-state index in [0.29, 0.717) is 31.0 Å². The molecule has 0 bridgehead atoms. The molecule has 0 aliphatic rings. The number of nitrogens with zero attached hydrogens (tertiary/aromatic N) is 1. The van der Waals surface area contributed by atoms with Crippen LogP contribution in [0.3, 0.4) is 0 Å². The van der Waals surface area contributed by atoms with Crippen LogP contribution >= 0.6 is 24.0 Å². The van der Waals surface area contributed by atoms with Gasteiger partial charge in [0, 0.05) is 19.2 Å². The lowest BCUT2D eigenvalue weighted by Crippen LogP contribution is -2.33. The minimum atomic E-state index is -0.570. The Hall–Kier alpha value is -1.70. The van der Waals surface area contributed by atoms with E-state index >= 15 is 0 Å². The molecule has 0 heterocycles. The minimum absolute atomic E-state index is 0. The standard InChI is InChI=1S/C17H19F2N3.HI/c18-15-10-14(11-16(19)12-15)7-9-22-17(20)21-8-6-13-4-2-1-3-5-13;/h1-5,10-12H,6-9H2,(H3,20,21,22);1H. The molecule has 0 aliphatic carbocycles. The van der Waals surface area contributed by atoms with Gasteiger partial charge >= 0.3 is 0 Å². The summed E-state index contributed by atoms with van der Waals surface area (Å²) in [6.07, 6.45) is 1.29. The van der Waals surface area contributed by atoms with Gasteiger partial charge in [-0.15, -0.1) is 24.0 Å². The van der Waals surface area contributed by atoms with Crippen LogP contribution in [-0.4, -0.2) is 19.0 Å². The topological polar surface area (TPSA) is 50.4 Å². The fraction of sp³-hybridized carbons (Fsp3) is 0.235. The maximum atomic E-state index is 13.0. The van der Waals surface area contributed by atoms with Crippen LogP contribution in [0.1, 0.15) is 11.1 Å². The third-order valence-electron chi connectivity index (χ3n) is 3.17. The van der Waals surface area contributed by atoms with E-state index in [1.54, 1.807) is 0 Å². The van der Waals surface area contributed by atoms with E-state index in [1.807, 2.05) is 30.3 Å². The molecule has 0 saturated heterocycles. The van der Waals surface area contributed by atoms with Gasteiger partial charge in [-0.3, -0.25) is 4.99 Å². The van der Waals surface area contributed by atoms with E-state index in [2.05, 4.69) is 10.3 Å². The van der Waals surface area contributed by atoms with Crippen LogP contribution in [-0.2, 0) is 12.8 Å². The van der Waals surface area contributed by atoms with Crippen molar-refractivity contribution in [2.24, 2.45) is 10.7 Å². The van der Waals surface area contributed by atoms with Crippen molar-refractivity contribution in [3.63, 3.8) is 0 Å². The first-order valence-corrected chi connectivity index (χ1v) is 7.16. The molecule has 0 radical (unpaired) electrons. The first kappa shape index (κ1) is 19.3. The lowest BCUT2D eigenvalue weighted by atomic mass is 10.1. The highest BCUT2D eigenvalue weighted by molar-refractivity contribution is 14.0. The van der Waals surface area contributed by atoms with Crippen molar-refractivity contribution < 1.29 is 8.78 Å². The predicted molar refractivity (Wildman–Crippen MR) is 100 cm³/mol. The zero-order chi connectivity index (χ0) is 15.8. The molecule has 0 fully saturated rings. The Morgan fingerprint density at radius 2 is 1.61 bits per heavy atom. The van der Waals surface area contributed by atoms with E-state index in [0.717, 1.165) is 12.5 Å². The van der Waals surface area contributed by atoms with E-state index < -0.39 is 11.6 Å². The normalized spacial score (nSPS) is 11.0. The smallest absolute Gasteiger partial charge is 0.188 e. The lowest BCUT2D eigenvalue weighted by molar-refractivity contribution is 0.579. The average molecular weight is 431 g/mol. The zero-order valence-corrected chi connectivity index (χ0v) is 15.0. The van der Waals surface area contributed by atoms with E-state index in [-0.39, 0.29) is 24.0 Å². The number of hydrogen-bond donors (Lipinski definition) is 2. The number of halogens is 3. The minimum Gasteiger partial charge on any atom is -0.370 e. The molecular weight excluding hydrogens is 411 g/mol. The number of guanidine groups is 1. The van der Waals surface area contributed by atoms with Crippen molar-refractivity contribution in [3.05, 3.63) is 71.3 Å². The Morgan fingerprint density at radius 3 is 2.26 bits per heavy atom. The first-order valence-electron chi connectivity index (χ1n) is 7.16. The lowest BCUT2D eigenvalue weighted by Gasteiger charge is -2.06. The molecule has 3 N–H and O–H groups in total. The molecule has 2 aromatic rings. The van der Waals surface area contributed by atoms with Gasteiger partial charge in [-0.1, -0.05) is 30.3 Å². The third-order valence-corrected chi connectivity index (χ3v) is 3.17. The second kappa shape index (κ2) is 10.1. The van der Waals surface area contributed by atoms with Crippen molar-refractivity contribution >= 4 is 29.9 Å². The average Bonchev–Trinajstić information content (AvgIpc) is 2.47. The van der Waals surface area contributed by atoms with Crippen molar-refractivity contribution in [1.29, 1.82) is 0 Å². The van der Waals surface area contributed by atoms with Crippen LogP contribution in [0.15, 0.2) is 53.5 Å². The molecule has 2 aromatic carbocycles. The SMILES string of the molecule is I.NC(=NCCc1ccccc1)NCCc1cc(F)cc(F)c1. The molecule has 0 spiro atoms. The molecule has 2 rings (SSSR count). The van der Waals surface area contributed by atoms with Crippen molar-refractivity contribution in [2.75, 3.05) is 13.1 Å². The van der Waals surface area contributed by atoms with Gasteiger partial charge in [-0.25, -0.2) is 8.78 Å². The van der Waals surface area contributed by atoms with Gasteiger partial charge in [0.05, 0.1) is 0 Å². The summed E-state index contributed by atoms with van der Waals surface area (Å²) in [5.41, 5.74) is 7.54. The Bertz CT molecular complexity index is 613. The van der Waals surface area contributed by atoms with Crippen LogP contribution in [0.25, 0.3) is 0 Å². The summed E-state index contributed by atoms with van der Waals surface area (Å²) in [6.45, 7) is 1.07. The zero-order valence-electron chi connectivity index (χ0n) is 12.6. The summed E-state index contributed by atoms with van der Waals surface area (Å²) in [7, 11) is 0. The Balaban J connectivity index is 0.00000264. The van der Waals surface area contributed by atoms with Crippen molar-refractivity contribution in [3.8, 4) is 0 Å². The van der Waals surface area contributed by atoms with Crippen LogP contribution < -0.4 is 11.1 Å².